The molecule has 70 valence electrons. The molecular weight excluding hydrogens is 152 g/mol. The molecule has 1 aliphatic rings. The lowest BCUT2D eigenvalue weighted by atomic mass is 9.81. The van der Waals surface area contributed by atoms with Crippen molar-refractivity contribution in [2.75, 3.05) is 0 Å². The molecular formula is C10H18O2. The Kier molecular flexibility index (Phi) is 2.76. The normalized spacial score (nSPS) is 36.8. The molecule has 0 saturated carbocycles. The number of ether oxygens (including phenoxy) is 1. The van der Waals surface area contributed by atoms with Gasteiger partial charge in [0, 0.05) is 6.42 Å². The third-order valence-corrected chi connectivity index (χ3v) is 2.83. The molecule has 0 amide bonds. The predicted octanol–water partition coefficient (Wildman–Crippen LogP) is 2.23. The first-order valence-electron chi connectivity index (χ1n) is 4.72. The predicted molar refractivity (Wildman–Crippen MR) is 47.7 cm³/mol. The topological polar surface area (TPSA) is 26.3 Å². The van der Waals surface area contributed by atoms with Crippen molar-refractivity contribution >= 4 is 5.97 Å². The standard InChI is InChI=1S/C10H18O2/c1-6(2)10-8(4)7(3)5-9(11)12-10/h6-8,10H,5H2,1-4H3/t7-,8-,10+/m1/s1. The molecule has 0 aliphatic carbocycles. The van der Waals surface area contributed by atoms with Crippen molar-refractivity contribution < 1.29 is 9.53 Å². The van der Waals surface area contributed by atoms with Gasteiger partial charge < -0.3 is 4.74 Å². The van der Waals surface area contributed by atoms with E-state index in [9.17, 15) is 4.79 Å². The fraction of sp³-hybridized carbons (Fsp3) is 0.900. The number of rotatable bonds is 1. The van der Waals surface area contributed by atoms with Crippen molar-refractivity contribution in [2.45, 2.75) is 40.2 Å². The summed E-state index contributed by atoms with van der Waals surface area (Å²) in [7, 11) is 0. The molecule has 1 aliphatic heterocycles. The van der Waals surface area contributed by atoms with Crippen molar-refractivity contribution in [1.29, 1.82) is 0 Å². The molecule has 0 aromatic heterocycles. The van der Waals surface area contributed by atoms with E-state index in [4.69, 9.17) is 4.74 Å². The average Bonchev–Trinajstić information content (AvgIpc) is 1.96. The summed E-state index contributed by atoms with van der Waals surface area (Å²) < 4.78 is 5.29. The SMILES string of the molecule is CC(C)[C@@H]1OC(=O)C[C@@H](C)[C@H]1C. The zero-order valence-electron chi connectivity index (χ0n) is 8.33. The van der Waals surface area contributed by atoms with Crippen LogP contribution in [0.2, 0.25) is 0 Å². The van der Waals surface area contributed by atoms with Crippen LogP contribution in [0.4, 0.5) is 0 Å². The van der Waals surface area contributed by atoms with Crippen molar-refractivity contribution in [1.82, 2.24) is 0 Å². The summed E-state index contributed by atoms with van der Waals surface area (Å²) in [6.07, 6.45) is 0.714. The van der Waals surface area contributed by atoms with E-state index in [0.717, 1.165) is 0 Å². The summed E-state index contributed by atoms with van der Waals surface area (Å²) in [5, 5.41) is 0. The number of carbonyl (C=O) groups excluding carboxylic acids is 1. The van der Waals surface area contributed by atoms with Gasteiger partial charge in [-0.15, -0.1) is 0 Å². The Morgan fingerprint density at radius 1 is 1.42 bits per heavy atom. The maximum Gasteiger partial charge on any atom is 0.306 e. The Labute approximate surface area is 74.3 Å². The van der Waals surface area contributed by atoms with E-state index in [0.29, 0.717) is 24.2 Å². The molecule has 0 radical (unpaired) electrons. The summed E-state index contributed by atoms with van der Waals surface area (Å²) in [6, 6.07) is 0. The zero-order chi connectivity index (χ0) is 9.30. The van der Waals surface area contributed by atoms with Crippen LogP contribution >= 0.6 is 0 Å². The average molecular weight is 170 g/mol. The number of carbonyl (C=O) groups is 1. The van der Waals surface area contributed by atoms with Crippen LogP contribution in [0, 0.1) is 17.8 Å². The number of esters is 1. The fourth-order valence-corrected chi connectivity index (χ4v) is 1.82. The highest BCUT2D eigenvalue weighted by Gasteiger charge is 2.34. The van der Waals surface area contributed by atoms with E-state index in [1.54, 1.807) is 0 Å². The van der Waals surface area contributed by atoms with Gasteiger partial charge in [-0.1, -0.05) is 27.7 Å². The van der Waals surface area contributed by atoms with E-state index in [2.05, 4.69) is 27.7 Å². The van der Waals surface area contributed by atoms with Crippen LogP contribution in [0.1, 0.15) is 34.1 Å². The number of hydrogen-bond donors (Lipinski definition) is 0. The van der Waals surface area contributed by atoms with Gasteiger partial charge >= 0.3 is 5.97 Å². The van der Waals surface area contributed by atoms with Gasteiger partial charge in [-0.25, -0.2) is 0 Å². The third kappa shape index (κ3) is 1.79. The first-order valence-corrected chi connectivity index (χ1v) is 4.72. The molecule has 0 N–H and O–H groups in total. The maximum atomic E-state index is 11.1. The third-order valence-electron chi connectivity index (χ3n) is 2.83. The van der Waals surface area contributed by atoms with Gasteiger partial charge in [0.05, 0.1) is 0 Å². The summed E-state index contributed by atoms with van der Waals surface area (Å²) >= 11 is 0. The molecule has 0 unspecified atom stereocenters. The van der Waals surface area contributed by atoms with Crippen LogP contribution in [0.5, 0.6) is 0 Å². The molecule has 1 heterocycles. The van der Waals surface area contributed by atoms with Gasteiger partial charge in [0.1, 0.15) is 6.10 Å². The lowest BCUT2D eigenvalue weighted by Crippen LogP contribution is -2.39. The highest BCUT2D eigenvalue weighted by atomic mass is 16.5. The minimum absolute atomic E-state index is 0.0284. The Morgan fingerprint density at radius 2 is 2.00 bits per heavy atom. The highest BCUT2D eigenvalue weighted by Crippen LogP contribution is 2.30. The Hall–Kier alpha value is -0.530. The van der Waals surface area contributed by atoms with Crippen LogP contribution in [-0.4, -0.2) is 12.1 Å². The summed E-state index contributed by atoms with van der Waals surface area (Å²) in [5.41, 5.74) is 0. The quantitative estimate of drug-likeness (QED) is 0.564. The number of hydrogen-bond acceptors (Lipinski definition) is 2. The molecule has 2 nitrogen and oxygen atoms in total. The van der Waals surface area contributed by atoms with E-state index < -0.39 is 0 Å². The molecule has 1 fully saturated rings. The van der Waals surface area contributed by atoms with Crippen LogP contribution in [0.15, 0.2) is 0 Å². The lowest BCUT2D eigenvalue weighted by Gasteiger charge is -2.35. The van der Waals surface area contributed by atoms with Crippen LogP contribution in [-0.2, 0) is 9.53 Å². The second-order valence-electron chi connectivity index (χ2n) is 4.24. The number of cyclic esters (lactones) is 1. The molecule has 2 heteroatoms. The maximum absolute atomic E-state index is 11.1. The highest BCUT2D eigenvalue weighted by molar-refractivity contribution is 5.70. The van der Waals surface area contributed by atoms with E-state index >= 15 is 0 Å². The Balaban J connectivity index is 2.66. The summed E-state index contributed by atoms with van der Waals surface area (Å²) in [4.78, 5) is 11.1. The summed E-state index contributed by atoms with van der Waals surface area (Å²) in [5.74, 6) is 1.38. The van der Waals surface area contributed by atoms with Gasteiger partial charge in [0.15, 0.2) is 0 Å². The lowest BCUT2D eigenvalue weighted by molar-refractivity contribution is -0.165. The second-order valence-corrected chi connectivity index (χ2v) is 4.24. The molecule has 3 atom stereocenters. The van der Waals surface area contributed by atoms with Gasteiger partial charge in [-0.3, -0.25) is 4.79 Å². The molecule has 12 heavy (non-hydrogen) atoms. The van der Waals surface area contributed by atoms with Gasteiger partial charge in [0.2, 0.25) is 0 Å². The van der Waals surface area contributed by atoms with Crippen molar-refractivity contribution in [3.63, 3.8) is 0 Å². The molecule has 0 aromatic rings. The molecule has 0 bridgehead atoms. The van der Waals surface area contributed by atoms with Crippen molar-refractivity contribution in [3.8, 4) is 0 Å². The van der Waals surface area contributed by atoms with E-state index in [-0.39, 0.29) is 12.1 Å². The van der Waals surface area contributed by atoms with E-state index in [1.807, 2.05) is 0 Å². The minimum Gasteiger partial charge on any atom is -0.462 e. The molecule has 0 spiro atoms. The van der Waals surface area contributed by atoms with Crippen molar-refractivity contribution in [2.24, 2.45) is 17.8 Å². The second kappa shape index (κ2) is 3.46. The Morgan fingerprint density at radius 3 is 2.50 bits per heavy atom. The zero-order valence-corrected chi connectivity index (χ0v) is 8.33. The van der Waals surface area contributed by atoms with Crippen LogP contribution in [0.3, 0.4) is 0 Å². The van der Waals surface area contributed by atoms with Gasteiger partial charge in [-0.05, 0) is 17.8 Å². The smallest absolute Gasteiger partial charge is 0.306 e. The first-order chi connectivity index (χ1) is 5.52. The minimum atomic E-state index is -0.0284. The van der Waals surface area contributed by atoms with Crippen LogP contribution < -0.4 is 0 Å². The first kappa shape index (κ1) is 9.56. The van der Waals surface area contributed by atoms with Crippen LogP contribution in [0.25, 0.3) is 0 Å². The van der Waals surface area contributed by atoms with Crippen molar-refractivity contribution in [3.05, 3.63) is 0 Å². The molecule has 1 rings (SSSR count). The van der Waals surface area contributed by atoms with Gasteiger partial charge in [-0.2, -0.15) is 0 Å². The van der Waals surface area contributed by atoms with Gasteiger partial charge in [0.25, 0.3) is 0 Å². The molecule has 1 saturated heterocycles. The molecule has 0 aromatic carbocycles. The largest absolute Gasteiger partial charge is 0.462 e. The summed E-state index contributed by atoms with van der Waals surface area (Å²) in [6.45, 7) is 8.50. The Bertz CT molecular complexity index is 175. The monoisotopic (exact) mass is 170 g/mol. The van der Waals surface area contributed by atoms with E-state index in [1.165, 1.54) is 0 Å². The fourth-order valence-electron chi connectivity index (χ4n) is 1.82.